The predicted molar refractivity (Wildman–Crippen MR) is 87.8 cm³/mol. The summed E-state index contributed by atoms with van der Waals surface area (Å²) in [6, 6.07) is 15.5. The molecule has 0 saturated carbocycles. The Bertz CT molecular complexity index is 718. The number of benzene rings is 2. The molecule has 0 radical (unpaired) electrons. The highest BCUT2D eigenvalue weighted by atomic mass is 79.9. The number of nitrogens with zero attached hydrogens (tertiary/aromatic N) is 1. The van der Waals surface area contributed by atoms with Crippen LogP contribution in [-0.2, 0) is 15.2 Å². The lowest BCUT2D eigenvalue weighted by Crippen LogP contribution is -2.37. The van der Waals surface area contributed by atoms with Crippen molar-refractivity contribution in [2.24, 2.45) is 0 Å². The monoisotopic (exact) mass is 377 g/mol. The van der Waals surface area contributed by atoms with Gasteiger partial charge in [0.2, 0.25) is 5.78 Å². The number of hydroxylamine groups is 2. The van der Waals surface area contributed by atoms with Gasteiger partial charge >= 0.3 is 5.91 Å². The molecular formula is C17H16BrNO4. The molecular weight excluding hydrogens is 362 g/mol. The van der Waals surface area contributed by atoms with Gasteiger partial charge < -0.3 is 5.11 Å². The smallest absolute Gasteiger partial charge is 0.313 e. The van der Waals surface area contributed by atoms with Gasteiger partial charge in [-0.05, 0) is 23.3 Å². The number of amides is 1. The quantitative estimate of drug-likeness (QED) is 0.476. The molecule has 5 nitrogen and oxygen atoms in total. The number of halogens is 1. The van der Waals surface area contributed by atoms with Gasteiger partial charge in [0.05, 0.1) is 6.42 Å². The maximum absolute atomic E-state index is 12.1. The van der Waals surface area contributed by atoms with Gasteiger partial charge in [0.25, 0.3) is 0 Å². The maximum Gasteiger partial charge on any atom is 0.313 e. The molecule has 23 heavy (non-hydrogen) atoms. The lowest BCUT2D eigenvalue weighted by Gasteiger charge is -2.29. The minimum atomic E-state index is -1.67. The lowest BCUT2D eigenvalue weighted by atomic mass is 9.82. The highest BCUT2D eigenvalue weighted by Crippen LogP contribution is 2.34. The Balaban J connectivity index is 2.48. The van der Waals surface area contributed by atoms with Crippen LogP contribution in [0, 0.1) is 0 Å². The molecule has 0 bridgehead atoms. The fraction of sp³-hybridized carbons (Fsp3) is 0.176. The molecule has 0 fully saturated rings. The standard InChI is InChI=1S/C17H16BrNO4/c1-19(23)16(21)15(20)11-17(22,12-6-3-2-4-7-12)13-8-5-9-14(18)10-13/h2-10,22-23H,11H2,1H3. The fourth-order valence-electron chi connectivity index (χ4n) is 2.32. The second-order valence-electron chi connectivity index (χ2n) is 5.17. The molecule has 0 aliphatic rings. The zero-order valence-electron chi connectivity index (χ0n) is 12.4. The normalized spacial score (nSPS) is 13.2. The Morgan fingerprint density at radius 2 is 1.70 bits per heavy atom. The van der Waals surface area contributed by atoms with Crippen LogP contribution < -0.4 is 0 Å². The van der Waals surface area contributed by atoms with Crippen molar-refractivity contribution in [2.45, 2.75) is 12.0 Å². The Labute approximate surface area is 142 Å². The SMILES string of the molecule is CN(O)C(=O)C(=O)CC(O)(c1ccccc1)c1cccc(Br)c1. The van der Waals surface area contributed by atoms with E-state index in [2.05, 4.69) is 15.9 Å². The second kappa shape index (κ2) is 7.04. The van der Waals surface area contributed by atoms with E-state index in [0.717, 1.165) is 11.5 Å². The van der Waals surface area contributed by atoms with Crippen molar-refractivity contribution < 1.29 is 19.9 Å². The minimum absolute atomic E-state index is 0.217. The van der Waals surface area contributed by atoms with Gasteiger partial charge in [-0.15, -0.1) is 0 Å². The molecule has 1 amide bonds. The fourth-order valence-corrected chi connectivity index (χ4v) is 2.72. The van der Waals surface area contributed by atoms with Gasteiger partial charge in [0, 0.05) is 11.5 Å². The zero-order valence-corrected chi connectivity index (χ0v) is 14.0. The molecule has 0 aromatic heterocycles. The van der Waals surface area contributed by atoms with E-state index in [1.807, 2.05) is 0 Å². The second-order valence-corrected chi connectivity index (χ2v) is 6.08. The van der Waals surface area contributed by atoms with Crippen LogP contribution in [0.4, 0.5) is 0 Å². The zero-order chi connectivity index (χ0) is 17.0. The van der Waals surface area contributed by atoms with E-state index in [1.54, 1.807) is 54.6 Å². The van der Waals surface area contributed by atoms with Crippen LogP contribution >= 0.6 is 15.9 Å². The molecule has 2 N–H and O–H groups in total. The summed E-state index contributed by atoms with van der Waals surface area (Å²) < 4.78 is 0.738. The summed E-state index contributed by atoms with van der Waals surface area (Å²) >= 11 is 3.33. The van der Waals surface area contributed by atoms with Crippen LogP contribution in [0.25, 0.3) is 0 Å². The number of Topliss-reactive ketones (excluding diaryl/α,β-unsaturated/α-hetero) is 1. The third kappa shape index (κ3) is 3.85. The number of hydrogen-bond acceptors (Lipinski definition) is 4. The first kappa shape index (κ1) is 17.3. The first-order valence-corrected chi connectivity index (χ1v) is 7.67. The number of likely N-dealkylation sites (N-methyl/N-ethyl adjacent to an activating group) is 1. The predicted octanol–water partition coefficient (Wildman–Crippen LogP) is 2.49. The summed E-state index contributed by atoms with van der Waals surface area (Å²) in [6.45, 7) is 0. The van der Waals surface area contributed by atoms with E-state index in [1.165, 1.54) is 0 Å². The molecule has 0 saturated heterocycles. The Morgan fingerprint density at radius 1 is 1.09 bits per heavy atom. The minimum Gasteiger partial charge on any atom is -0.380 e. The molecule has 2 rings (SSSR count). The first-order chi connectivity index (χ1) is 10.8. The molecule has 2 aromatic rings. The summed E-state index contributed by atoms with van der Waals surface area (Å²) in [4.78, 5) is 23.8. The third-order valence-corrected chi connectivity index (χ3v) is 4.00. The van der Waals surface area contributed by atoms with Crippen molar-refractivity contribution in [2.75, 3.05) is 7.05 Å². The van der Waals surface area contributed by atoms with E-state index < -0.39 is 23.7 Å². The van der Waals surface area contributed by atoms with Crippen molar-refractivity contribution in [1.82, 2.24) is 5.06 Å². The summed E-state index contributed by atoms with van der Waals surface area (Å²) in [5, 5.41) is 20.5. The van der Waals surface area contributed by atoms with Gasteiger partial charge in [-0.25, -0.2) is 5.06 Å². The molecule has 1 atom stereocenters. The topological polar surface area (TPSA) is 77.8 Å². The average Bonchev–Trinajstić information content (AvgIpc) is 2.54. The van der Waals surface area contributed by atoms with Crippen molar-refractivity contribution in [3.8, 4) is 0 Å². The van der Waals surface area contributed by atoms with E-state index >= 15 is 0 Å². The highest BCUT2D eigenvalue weighted by Gasteiger charge is 2.37. The molecule has 0 aliphatic heterocycles. The van der Waals surface area contributed by atoms with Gasteiger partial charge in [-0.1, -0.05) is 58.4 Å². The summed E-state index contributed by atoms with van der Waals surface area (Å²) in [6.07, 6.45) is -0.475. The molecule has 0 aliphatic carbocycles. The third-order valence-electron chi connectivity index (χ3n) is 3.50. The van der Waals surface area contributed by atoms with Gasteiger partial charge in [0.15, 0.2) is 0 Å². The van der Waals surface area contributed by atoms with E-state index in [-0.39, 0.29) is 5.06 Å². The molecule has 120 valence electrons. The number of rotatable bonds is 5. The van der Waals surface area contributed by atoms with Crippen LogP contribution in [-0.4, -0.2) is 34.1 Å². The summed E-state index contributed by atoms with van der Waals surface area (Å²) in [7, 11) is 1.07. The van der Waals surface area contributed by atoms with Gasteiger partial charge in [-0.3, -0.25) is 14.8 Å². The Hall–Kier alpha value is -2.02. The van der Waals surface area contributed by atoms with Crippen LogP contribution in [0.3, 0.4) is 0 Å². The summed E-state index contributed by atoms with van der Waals surface area (Å²) in [5.41, 5.74) is -0.715. The highest BCUT2D eigenvalue weighted by molar-refractivity contribution is 9.10. The molecule has 6 heteroatoms. The van der Waals surface area contributed by atoms with E-state index in [0.29, 0.717) is 11.1 Å². The van der Waals surface area contributed by atoms with Crippen molar-refractivity contribution in [1.29, 1.82) is 0 Å². The summed E-state index contributed by atoms with van der Waals surface area (Å²) in [5.74, 6) is -1.96. The van der Waals surface area contributed by atoms with Crippen molar-refractivity contribution in [3.63, 3.8) is 0 Å². The van der Waals surface area contributed by atoms with Crippen LogP contribution in [0.15, 0.2) is 59.1 Å². The van der Waals surface area contributed by atoms with Crippen LogP contribution in [0.1, 0.15) is 17.5 Å². The largest absolute Gasteiger partial charge is 0.380 e. The molecule has 0 spiro atoms. The Kier molecular flexibility index (Phi) is 5.30. The van der Waals surface area contributed by atoms with Crippen molar-refractivity contribution >= 4 is 27.6 Å². The number of carbonyl (C=O) groups excluding carboxylic acids is 2. The molecule has 2 aromatic carbocycles. The Morgan fingerprint density at radius 3 is 2.26 bits per heavy atom. The van der Waals surface area contributed by atoms with E-state index in [4.69, 9.17) is 5.21 Å². The average molecular weight is 378 g/mol. The molecule has 0 heterocycles. The van der Waals surface area contributed by atoms with Crippen LogP contribution in [0.5, 0.6) is 0 Å². The number of carbonyl (C=O) groups is 2. The first-order valence-electron chi connectivity index (χ1n) is 6.88. The van der Waals surface area contributed by atoms with Gasteiger partial charge in [-0.2, -0.15) is 0 Å². The van der Waals surface area contributed by atoms with Crippen molar-refractivity contribution in [3.05, 3.63) is 70.2 Å². The maximum atomic E-state index is 12.1. The number of hydrogen-bond donors (Lipinski definition) is 2. The van der Waals surface area contributed by atoms with E-state index in [9.17, 15) is 14.7 Å². The lowest BCUT2D eigenvalue weighted by molar-refractivity contribution is -0.166. The van der Waals surface area contributed by atoms with Crippen LogP contribution in [0.2, 0.25) is 0 Å². The number of ketones is 1. The van der Waals surface area contributed by atoms with Gasteiger partial charge in [0.1, 0.15) is 5.60 Å². The molecule has 1 unspecified atom stereocenters. The number of aliphatic hydroxyl groups is 1.